The summed E-state index contributed by atoms with van der Waals surface area (Å²) in [6.07, 6.45) is 5.26. The largest absolute Gasteiger partial charge is 0.389 e. The lowest BCUT2D eigenvalue weighted by molar-refractivity contribution is 0.0884. The third kappa shape index (κ3) is 6.63. The van der Waals surface area contributed by atoms with E-state index in [9.17, 15) is 18.3 Å². The second kappa shape index (κ2) is 10.2. The molecule has 0 spiro atoms. The molecule has 0 bridgehead atoms. The number of likely N-dealkylation sites (N-methyl/N-ethyl adjacent to an activating group) is 1. The van der Waals surface area contributed by atoms with Crippen molar-refractivity contribution in [2.45, 2.75) is 30.9 Å². The summed E-state index contributed by atoms with van der Waals surface area (Å²) in [5, 5.41) is 13.7. The third-order valence-corrected chi connectivity index (χ3v) is 6.56. The number of nitrogens with one attached hydrogen (secondary N) is 1. The molecule has 0 fully saturated rings. The highest BCUT2D eigenvalue weighted by atomic mass is 32.2. The molecular weight excluding hydrogens is 492 g/mol. The number of amides is 1. The zero-order chi connectivity index (χ0) is 26.8. The Labute approximate surface area is 215 Å². The number of nitrogens with zero attached hydrogens (tertiary/aromatic N) is 5. The quantitative estimate of drug-likeness (QED) is 0.359. The van der Waals surface area contributed by atoms with Crippen LogP contribution in [-0.4, -0.2) is 64.8 Å². The maximum absolute atomic E-state index is 12.6. The highest BCUT2D eigenvalue weighted by molar-refractivity contribution is 7.90. The SMILES string of the molecule is CN(CC(C)(C)O)c1cccc(-c2ccc3cnc(CNC(=O)c4cncc(S(C)(=O)=O)c4)cc3n2)n1. The monoisotopic (exact) mass is 520 g/mol. The molecular formula is C26H28N6O4S. The number of sulfone groups is 1. The van der Waals surface area contributed by atoms with Gasteiger partial charge in [0, 0.05) is 43.8 Å². The van der Waals surface area contributed by atoms with Crippen molar-refractivity contribution in [3.8, 4) is 11.4 Å². The smallest absolute Gasteiger partial charge is 0.253 e. The number of rotatable bonds is 8. The van der Waals surface area contributed by atoms with Crippen LogP contribution in [0.2, 0.25) is 0 Å². The Kier molecular flexibility index (Phi) is 7.19. The Hall–Kier alpha value is -3.96. The van der Waals surface area contributed by atoms with Crippen LogP contribution in [0.4, 0.5) is 5.82 Å². The van der Waals surface area contributed by atoms with Gasteiger partial charge in [0.15, 0.2) is 9.84 Å². The summed E-state index contributed by atoms with van der Waals surface area (Å²) in [7, 11) is -1.60. The van der Waals surface area contributed by atoms with E-state index in [4.69, 9.17) is 9.97 Å². The number of hydrogen-bond acceptors (Lipinski definition) is 9. The van der Waals surface area contributed by atoms with Crippen LogP contribution in [0.1, 0.15) is 29.9 Å². The number of anilines is 1. The molecule has 0 saturated carbocycles. The van der Waals surface area contributed by atoms with Crippen LogP contribution in [0.5, 0.6) is 0 Å². The van der Waals surface area contributed by atoms with Gasteiger partial charge in [-0.05, 0) is 50.2 Å². The molecule has 4 rings (SSSR count). The molecule has 0 aliphatic carbocycles. The van der Waals surface area contributed by atoms with Gasteiger partial charge in [-0.15, -0.1) is 0 Å². The molecule has 0 saturated heterocycles. The first-order valence-corrected chi connectivity index (χ1v) is 13.4. The Morgan fingerprint density at radius 1 is 1.05 bits per heavy atom. The van der Waals surface area contributed by atoms with Gasteiger partial charge in [0.05, 0.1) is 45.2 Å². The summed E-state index contributed by atoms with van der Waals surface area (Å²) in [5.74, 6) is 0.256. The molecule has 1 amide bonds. The molecule has 0 aliphatic heterocycles. The van der Waals surface area contributed by atoms with Gasteiger partial charge >= 0.3 is 0 Å². The van der Waals surface area contributed by atoms with Gasteiger partial charge in [-0.3, -0.25) is 14.8 Å². The molecule has 4 heterocycles. The van der Waals surface area contributed by atoms with Gasteiger partial charge in [0.25, 0.3) is 5.91 Å². The molecule has 0 aliphatic rings. The minimum Gasteiger partial charge on any atom is -0.389 e. The Balaban J connectivity index is 1.53. The van der Waals surface area contributed by atoms with E-state index in [0.29, 0.717) is 35.0 Å². The zero-order valence-corrected chi connectivity index (χ0v) is 21.8. The van der Waals surface area contributed by atoms with Gasteiger partial charge in [0.2, 0.25) is 0 Å². The predicted molar refractivity (Wildman–Crippen MR) is 141 cm³/mol. The normalized spacial score (nSPS) is 11.9. The van der Waals surface area contributed by atoms with Crippen molar-refractivity contribution in [3.05, 3.63) is 72.3 Å². The molecule has 2 N–H and O–H groups in total. The van der Waals surface area contributed by atoms with E-state index in [2.05, 4.69) is 15.3 Å². The van der Waals surface area contributed by atoms with Gasteiger partial charge in [-0.1, -0.05) is 6.07 Å². The number of aromatic nitrogens is 4. The zero-order valence-electron chi connectivity index (χ0n) is 21.0. The van der Waals surface area contributed by atoms with E-state index in [-0.39, 0.29) is 17.0 Å². The van der Waals surface area contributed by atoms with Gasteiger partial charge in [-0.2, -0.15) is 0 Å². The fourth-order valence-corrected chi connectivity index (χ4v) is 4.35. The van der Waals surface area contributed by atoms with Crippen molar-refractivity contribution in [2.24, 2.45) is 0 Å². The highest BCUT2D eigenvalue weighted by Crippen LogP contribution is 2.22. The molecule has 0 unspecified atom stereocenters. The minimum absolute atomic E-state index is 0.0235. The highest BCUT2D eigenvalue weighted by Gasteiger charge is 2.17. The fourth-order valence-electron chi connectivity index (χ4n) is 3.76. The van der Waals surface area contributed by atoms with Crippen LogP contribution in [0.3, 0.4) is 0 Å². The molecule has 4 aromatic rings. The van der Waals surface area contributed by atoms with Crippen LogP contribution in [0.15, 0.2) is 66.0 Å². The first-order valence-electron chi connectivity index (χ1n) is 11.5. The van der Waals surface area contributed by atoms with E-state index < -0.39 is 21.3 Å². The van der Waals surface area contributed by atoms with Gasteiger partial charge < -0.3 is 15.3 Å². The Bertz CT molecular complexity index is 1570. The summed E-state index contributed by atoms with van der Waals surface area (Å²) >= 11 is 0. The van der Waals surface area contributed by atoms with E-state index >= 15 is 0 Å². The van der Waals surface area contributed by atoms with Crippen molar-refractivity contribution in [1.29, 1.82) is 0 Å². The standard InChI is InChI=1S/C26H28N6O4S/c1-26(2,34)16-32(3)24-7-5-6-21(31-24)22-9-8-17-13-28-19(11-23(17)30-22)14-29-25(33)18-10-20(15-27-12-18)37(4,35)36/h5-13,15,34H,14,16H2,1-4H3,(H,29,33). The van der Waals surface area contributed by atoms with Crippen LogP contribution < -0.4 is 10.2 Å². The summed E-state index contributed by atoms with van der Waals surface area (Å²) < 4.78 is 23.5. The van der Waals surface area contributed by atoms with E-state index in [1.807, 2.05) is 42.3 Å². The average molecular weight is 521 g/mol. The lowest BCUT2D eigenvalue weighted by Crippen LogP contribution is -2.36. The lowest BCUT2D eigenvalue weighted by Gasteiger charge is -2.26. The number of aliphatic hydroxyl groups is 1. The van der Waals surface area contributed by atoms with Crippen molar-refractivity contribution in [1.82, 2.24) is 25.3 Å². The van der Waals surface area contributed by atoms with E-state index in [1.54, 1.807) is 26.1 Å². The first-order chi connectivity index (χ1) is 17.4. The molecule has 0 aromatic carbocycles. The summed E-state index contributed by atoms with van der Waals surface area (Å²) in [6, 6.07) is 12.5. The Morgan fingerprint density at radius 2 is 1.81 bits per heavy atom. The third-order valence-electron chi connectivity index (χ3n) is 5.48. The number of pyridine rings is 4. The maximum Gasteiger partial charge on any atom is 0.253 e. The van der Waals surface area contributed by atoms with Crippen LogP contribution in [-0.2, 0) is 16.4 Å². The number of fused-ring (bicyclic) bond motifs is 1. The Morgan fingerprint density at radius 3 is 2.54 bits per heavy atom. The molecule has 11 heteroatoms. The minimum atomic E-state index is -3.48. The first kappa shape index (κ1) is 26.1. The van der Waals surface area contributed by atoms with Crippen LogP contribution in [0.25, 0.3) is 22.3 Å². The predicted octanol–water partition coefficient (Wildman–Crippen LogP) is 2.63. The van der Waals surface area contributed by atoms with Crippen molar-refractivity contribution in [3.63, 3.8) is 0 Å². The fraction of sp³-hybridized carbons (Fsp3) is 0.269. The molecule has 10 nitrogen and oxygen atoms in total. The molecule has 37 heavy (non-hydrogen) atoms. The number of carbonyl (C=O) groups is 1. The van der Waals surface area contributed by atoms with Crippen LogP contribution in [0, 0.1) is 0 Å². The summed E-state index contributed by atoms with van der Waals surface area (Å²) in [5.41, 5.74) is 1.92. The maximum atomic E-state index is 12.6. The molecule has 0 atom stereocenters. The van der Waals surface area contributed by atoms with Crippen molar-refractivity contribution in [2.75, 3.05) is 24.7 Å². The van der Waals surface area contributed by atoms with Gasteiger partial charge in [-0.25, -0.2) is 18.4 Å². The van der Waals surface area contributed by atoms with Crippen molar-refractivity contribution >= 4 is 32.5 Å². The number of hydrogen-bond donors (Lipinski definition) is 2. The summed E-state index contributed by atoms with van der Waals surface area (Å²) in [6.45, 7) is 4.04. The number of carbonyl (C=O) groups excluding carboxylic acids is 1. The second-order valence-electron chi connectivity index (χ2n) is 9.48. The second-order valence-corrected chi connectivity index (χ2v) is 11.5. The van der Waals surface area contributed by atoms with Crippen molar-refractivity contribution < 1.29 is 18.3 Å². The molecule has 0 radical (unpaired) electrons. The van der Waals surface area contributed by atoms with E-state index in [0.717, 1.165) is 11.6 Å². The van der Waals surface area contributed by atoms with Crippen LogP contribution >= 0.6 is 0 Å². The lowest BCUT2D eigenvalue weighted by atomic mass is 10.1. The van der Waals surface area contributed by atoms with Gasteiger partial charge in [0.1, 0.15) is 5.82 Å². The van der Waals surface area contributed by atoms with E-state index in [1.165, 1.54) is 18.5 Å². The average Bonchev–Trinajstić information content (AvgIpc) is 2.85. The molecule has 192 valence electrons. The molecule has 4 aromatic heterocycles. The summed E-state index contributed by atoms with van der Waals surface area (Å²) in [4.78, 5) is 32.1. The topological polar surface area (TPSA) is 138 Å².